The van der Waals surface area contributed by atoms with E-state index in [1.807, 2.05) is 13.0 Å². The molecule has 0 heterocycles. The summed E-state index contributed by atoms with van der Waals surface area (Å²) in [6.07, 6.45) is 11.7. The van der Waals surface area contributed by atoms with Crippen molar-refractivity contribution in [3.8, 4) is 5.75 Å². The number of carbonyl (C=O) groups excluding carboxylic acids is 1. The molecule has 22 heavy (non-hydrogen) atoms. The lowest BCUT2D eigenvalue weighted by molar-refractivity contribution is 0.0976. The van der Waals surface area contributed by atoms with Gasteiger partial charge in [-0.05, 0) is 37.5 Å². The van der Waals surface area contributed by atoms with Crippen LogP contribution in [0.5, 0.6) is 5.75 Å². The summed E-state index contributed by atoms with van der Waals surface area (Å²) < 4.78 is 0. The number of Topliss-reactive ketones (excluding diaryl/α,β-unsaturated/α-hetero) is 1. The van der Waals surface area contributed by atoms with E-state index in [4.69, 9.17) is 0 Å². The summed E-state index contributed by atoms with van der Waals surface area (Å²) in [5, 5.41) is 10.9. The van der Waals surface area contributed by atoms with Crippen molar-refractivity contribution in [2.24, 2.45) is 0 Å². The third kappa shape index (κ3) is 7.98. The van der Waals surface area contributed by atoms with Gasteiger partial charge in [0.1, 0.15) is 5.75 Å². The van der Waals surface area contributed by atoms with Gasteiger partial charge in [-0.1, -0.05) is 66.9 Å². The highest BCUT2D eigenvalue weighted by Crippen LogP contribution is 2.21. The van der Waals surface area contributed by atoms with Crippen LogP contribution in [0.15, 0.2) is 18.2 Å². The second-order valence-corrected chi connectivity index (χ2v) is 6.86. The van der Waals surface area contributed by atoms with E-state index in [-0.39, 0.29) is 11.5 Å². The number of unbranched alkanes of at least 4 members (excludes halogenated alkanes) is 8. The Kier molecular flexibility index (Phi) is 10.2. The number of phenols is 1. The molecular formula is C19H29BrO2. The zero-order valence-corrected chi connectivity index (χ0v) is 15.3. The van der Waals surface area contributed by atoms with Crippen molar-refractivity contribution in [1.82, 2.24) is 0 Å². The van der Waals surface area contributed by atoms with Gasteiger partial charge in [-0.2, -0.15) is 0 Å². The predicted molar refractivity (Wildman–Crippen MR) is 97.1 cm³/mol. The molecule has 0 spiro atoms. The molecule has 1 N–H and O–H groups in total. The van der Waals surface area contributed by atoms with E-state index in [2.05, 4.69) is 15.9 Å². The molecule has 0 unspecified atom stereocenters. The Morgan fingerprint density at radius 3 is 2.05 bits per heavy atom. The Morgan fingerprint density at radius 2 is 1.50 bits per heavy atom. The molecule has 3 heteroatoms. The SMILES string of the molecule is Cc1ccc(C(=O)CCCCCCCCCCCBr)c(O)c1. The maximum atomic E-state index is 12.0. The summed E-state index contributed by atoms with van der Waals surface area (Å²) in [4.78, 5) is 12.0. The average Bonchev–Trinajstić information content (AvgIpc) is 2.49. The molecular weight excluding hydrogens is 340 g/mol. The molecule has 0 atom stereocenters. The molecule has 0 bridgehead atoms. The summed E-state index contributed by atoms with van der Waals surface area (Å²) in [6.45, 7) is 1.91. The van der Waals surface area contributed by atoms with E-state index in [9.17, 15) is 9.90 Å². The molecule has 124 valence electrons. The first kappa shape index (κ1) is 19.2. The number of rotatable bonds is 12. The van der Waals surface area contributed by atoms with Crippen LogP contribution in [0.25, 0.3) is 0 Å². The highest BCUT2D eigenvalue weighted by molar-refractivity contribution is 9.09. The van der Waals surface area contributed by atoms with Gasteiger partial charge in [0.15, 0.2) is 5.78 Å². The van der Waals surface area contributed by atoms with E-state index >= 15 is 0 Å². The molecule has 0 saturated heterocycles. The largest absolute Gasteiger partial charge is 0.507 e. The first-order valence-corrected chi connectivity index (χ1v) is 9.66. The molecule has 0 fully saturated rings. The van der Waals surface area contributed by atoms with E-state index in [1.54, 1.807) is 12.1 Å². The van der Waals surface area contributed by atoms with Crippen LogP contribution in [-0.4, -0.2) is 16.2 Å². The number of ketones is 1. The van der Waals surface area contributed by atoms with Gasteiger partial charge in [-0.3, -0.25) is 4.79 Å². The number of benzene rings is 1. The molecule has 0 amide bonds. The van der Waals surface area contributed by atoms with Crippen molar-refractivity contribution in [1.29, 1.82) is 0 Å². The summed E-state index contributed by atoms with van der Waals surface area (Å²) in [5.41, 5.74) is 1.45. The van der Waals surface area contributed by atoms with Crippen molar-refractivity contribution >= 4 is 21.7 Å². The van der Waals surface area contributed by atoms with Gasteiger partial charge >= 0.3 is 0 Å². The molecule has 1 rings (SSSR count). The van der Waals surface area contributed by atoms with E-state index in [0.29, 0.717) is 12.0 Å². The standard InChI is InChI=1S/C19H29BrO2/c1-16-12-13-17(19(22)15-16)18(21)11-9-7-5-3-2-4-6-8-10-14-20/h12-13,15,22H,2-11,14H2,1H3. The molecule has 2 nitrogen and oxygen atoms in total. The maximum absolute atomic E-state index is 12.0. The minimum absolute atomic E-state index is 0.0623. The number of aryl methyl sites for hydroxylation is 1. The lowest BCUT2D eigenvalue weighted by Crippen LogP contribution is -1.99. The Hall–Kier alpha value is -0.830. The van der Waals surface area contributed by atoms with Crippen LogP contribution in [0, 0.1) is 6.92 Å². The van der Waals surface area contributed by atoms with Crippen LogP contribution >= 0.6 is 15.9 Å². The summed E-state index contributed by atoms with van der Waals surface area (Å²) in [7, 11) is 0. The Bertz CT molecular complexity index is 443. The van der Waals surface area contributed by atoms with Gasteiger partial charge in [-0.25, -0.2) is 0 Å². The second kappa shape index (κ2) is 11.7. The highest BCUT2D eigenvalue weighted by Gasteiger charge is 2.10. The van der Waals surface area contributed by atoms with E-state index < -0.39 is 0 Å². The van der Waals surface area contributed by atoms with Gasteiger partial charge in [0.25, 0.3) is 0 Å². The van der Waals surface area contributed by atoms with Gasteiger partial charge in [0.2, 0.25) is 0 Å². The topological polar surface area (TPSA) is 37.3 Å². The molecule has 0 aliphatic rings. The first-order valence-electron chi connectivity index (χ1n) is 8.54. The normalized spacial score (nSPS) is 10.8. The number of aromatic hydroxyl groups is 1. The van der Waals surface area contributed by atoms with Crippen LogP contribution in [0.4, 0.5) is 0 Å². The number of halogens is 1. The number of hydrogen-bond acceptors (Lipinski definition) is 2. The lowest BCUT2D eigenvalue weighted by Gasteiger charge is -2.05. The smallest absolute Gasteiger partial charge is 0.166 e. The van der Waals surface area contributed by atoms with Crippen molar-refractivity contribution in [2.45, 2.75) is 71.1 Å². The Morgan fingerprint density at radius 1 is 0.955 bits per heavy atom. The molecule has 0 aromatic heterocycles. The highest BCUT2D eigenvalue weighted by atomic mass is 79.9. The molecule has 0 saturated carbocycles. The lowest BCUT2D eigenvalue weighted by atomic mass is 10.0. The third-order valence-electron chi connectivity index (χ3n) is 3.99. The van der Waals surface area contributed by atoms with Crippen LogP contribution in [0.3, 0.4) is 0 Å². The summed E-state index contributed by atoms with van der Waals surface area (Å²) in [5.74, 6) is 0.181. The van der Waals surface area contributed by atoms with Crippen molar-refractivity contribution in [3.63, 3.8) is 0 Å². The third-order valence-corrected chi connectivity index (χ3v) is 4.55. The number of phenolic OH excluding ortho intramolecular Hbond substituents is 1. The zero-order valence-electron chi connectivity index (χ0n) is 13.7. The monoisotopic (exact) mass is 368 g/mol. The zero-order chi connectivity index (χ0) is 16.2. The minimum Gasteiger partial charge on any atom is -0.507 e. The molecule has 0 radical (unpaired) electrons. The van der Waals surface area contributed by atoms with Crippen LogP contribution in [0.2, 0.25) is 0 Å². The minimum atomic E-state index is 0.0623. The fourth-order valence-corrected chi connectivity index (χ4v) is 3.03. The quantitative estimate of drug-likeness (QED) is 0.271. The number of hydrogen-bond donors (Lipinski definition) is 1. The fraction of sp³-hybridized carbons (Fsp3) is 0.632. The first-order chi connectivity index (χ1) is 10.6. The molecule has 0 aliphatic carbocycles. The number of carbonyl (C=O) groups is 1. The van der Waals surface area contributed by atoms with Gasteiger partial charge in [-0.15, -0.1) is 0 Å². The van der Waals surface area contributed by atoms with Gasteiger partial charge < -0.3 is 5.11 Å². The second-order valence-electron chi connectivity index (χ2n) is 6.06. The van der Waals surface area contributed by atoms with Gasteiger partial charge in [0.05, 0.1) is 5.56 Å². The van der Waals surface area contributed by atoms with Crippen molar-refractivity contribution in [3.05, 3.63) is 29.3 Å². The van der Waals surface area contributed by atoms with Crippen molar-refractivity contribution in [2.75, 3.05) is 5.33 Å². The maximum Gasteiger partial charge on any atom is 0.166 e. The Labute approximate surface area is 143 Å². The summed E-state index contributed by atoms with van der Waals surface area (Å²) in [6, 6.07) is 5.27. The van der Waals surface area contributed by atoms with Crippen LogP contribution in [0.1, 0.15) is 80.1 Å². The van der Waals surface area contributed by atoms with Gasteiger partial charge in [0, 0.05) is 11.8 Å². The fourth-order valence-electron chi connectivity index (χ4n) is 2.63. The average molecular weight is 369 g/mol. The van der Waals surface area contributed by atoms with E-state index in [0.717, 1.165) is 23.7 Å². The molecule has 1 aromatic rings. The van der Waals surface area contributed by atoms with Crippen LogP contribution in [-0.2, 0) is 0 Å². The summed E-state index contributed by atoms with van der Waals surface area (Å²) >= 11 is 3.45. The van der Waals surface area contributed by atoms with Crippen LogP contribution < -0.4 is 0 Å². The predicted octanol–water partition coefficient (Wildman–Crippen LogP) is 6.18. The molecule has 1 aromatic carbocycles. The number of alkyl halides is 1. The van der Waals surface area contributed by atoms with E-state index in [1.165, 1.54) is 44.9 Å². The Balaban J connectivity index is 2.06. The molecule has 0 aliphatic heterocycles. The van der Waals surface area contributed by atoms with Crippen molar-refractivity contribution < 1.29 is 9.90 Å².